The van der Waals surface area contributed by atoms with E-state index >= 15 is 0 Å². The summed E-state index contributed by atoms with van der Waals surface area (Å²) < 4.78 is 4.51. The minimum Gasteiger partial charge on any atom is -0.212 e. The molecule has 0 amide bonds. The molecular weight excluding hydrogens is 366 g/mol. The van der Waals surface area contributed by atoms with Gasteiger partial charge in [-0.15, -0.1) is 0 Å². The highest BCUT2D eigenvalue weighted by Crippen LogP contribution is 2.48. The Hall–Kier alpha value is -2.49. The molecule has 0 atom stereocenters. The van der Waals surface area contributed by atoms with Gasteiger partial charge in [0.05, 0.1) is 0 Å². The molecule has 3 aromatic carbocycles. The second-order valence-corrected chi connectivity index (χ2v) is 9.27. The van der Waals surface area contributed by atoms with E-state index in [0.717, 1.165) is 6.42 Å². The van der Waals surface area contributed by atoms with Crippen LogP contribution in [0, 0.1) is 10.4 Å². The van der Waals surface area contributed by atoms with Crippen LogP contribution in [0.5, 0.6) is 0 Å². The van der Waals surface area contributed by atoms with Gasteiger partial charge >= 0.3 is 0 Å². The van der Waals surface area contributed by atoms with Gasteiger partial charge in [-0.05, 0) is 77.2 Å². The molecule has 4 aliphatic rings. The van der Waals surface area contributed by atoms with Gasteiger partial charge in [-0.1, -0.05) is 48.5 Å². The smallest absolute Gasteiger partial charge is 0.0483 e. The average Bonchev–Trinajstić information content (AvgIpc) is 3.38. The molecule has 1 nitrogen and oxygen atoms in total. The van der Waals surface area contributed by atoms with Crippen LogP contribution in [0.3, 0.4) is 0 Å². The van der Waals surface area contributed by atoms with Crippen molar-refractivity contribution in [3.05, 3.63) is 96.6 Å². The van der Waals surface area contributed by atoms with Crippen molar-refractivity contribution in [2.24, 2.45) is 4.40 Å². The van der Waals surface area contributed by atoms with Gasteiger partial charge in [-0.2, -0.15) is 0 Å². The van der Waals surface area contributed by atoms with E-state index in [1.165, 1.54) is 64.7 Å². The molecular formula is C24H13NS2. The molecule has 3 aliphatic carbocycles. The zero-order valence-electron chi connectivity index (χ0n) is 14.3. The van der Waals surface area contributed by atoms with Crippen LogP contribution in [-0.4, -0.2) is 6.21 Å². The SMILES string of the molecule is C1=NSSC2=C1c1c(c3c(c4c1=c1ccccc1=C4)-c1ccccc1C=3)C2. The first-order valence-electron chi connectivity index (χ1n) is 9.12. The largest absolute Gasteiger partial charge is 0.212 e. The van der Waals surface area contributed by atoms with E-state index in [1.807, 2.05) is 10.8 Å². The van der Waals surface area contributed by atoms with Gasteiger partial charge in [0, 0.05) is 34.1 Å². The van der Waals surface area contributed by atoms with Gasteiger partial charge in [-0.3, -0.25) is 0 Å². The Kier molecular flexibility index (Phi) is 2.73. The van der Waals surface area contributed by atoms with Gasteiger partial charge in [0.15, 0.2) is 0 Å². The lowest BCUT2D eigenvalue weighted by atomic mass is 9.91. The molecule has 3 heteroatoms. The summed E-state index contributed by atoms with van der Waals surface area (Å²) in [7, 11) is 3.41. The minimum absolute atomic E-state index is 1.02. The van der Waals surface area contributed by atoms with E-state index < -0.39 is 0 Å². The molecule has 0 spiro atoms. The zero-order valence-corrected chi connectivity index (χ0v) is 16.0. The number of nitrogens with zero attached hydrogens (tertiary/aromatic N) is 1. The van der Waals surface area contributed by atoms with Gasteiger partial charge in [0.25, 0.3) is 0 Å². The Bertz CT molecular complexity index is 1490. The molecule has 0 unspecified atom stereocenters. The lowest BCUT2D eigenvalue weighted by Gasteiger charge is -2.12. The van der Waals surface area contributed by atoms with Crippen molar-refractivity contribution in [1.82, 2.24) is 0 Å². The molecule has 0 N–H and O–H groups in total. The van der Waals surface area contributed by atoms with E-state index in [-0.39, 0.29) is 0 Å². The number of fused-ring (bicyclic) bond motifs is 10. The lowest BCUT2D eigenvalue weighted by molar-refractivity contribution is 1.25. The van der Waals surface area contributed by atoms with Crippen molar-refractivity contribution >= 4 is 45.7 Å². The third-order valence-electron chi connectivity index (χ3n) is 6.01. The number of benzene rings is 3. The topological polar surface area (TPSA) is 12.4 Å². The van der Waals surface area contributed by atoms with Crippen molar-refractivity contribution in [1.29, 1.82) is 0 Å². The van der Waals surface area contributed by atoms with Gasteiger partial charge in [-0.25, -0.2) is 4.40 Å². The van der Waals surface area contributed by atoms with E-state index in [2.05, 4.69) is 71.3 Å². The first kappa shape index (κ1) is 14.6. The molecule has 0 aromatic heterocycles. The third kappa shape index (κ3) is 1.76. The molecule has 0 radical (unpaired) electrons. The fourth-order valence-corrected chi connectivity index (χ4v) is 6.66. The Morgan fingerprint density at radius 2 is 1.78 bits per heavy atom. The summed E-state index contributed by atoms with van der Waals surface area (Å²) >= 11 is 0. The summed E-state index contributed by atoms with van der Waals surface area (Å²) in [6, 6.07) is 17.6. The molecule has 0 saturated heterocycles. The summed E-state index contributed by atoms with van der Waals surface area (Å²) in [6.07, 6.45) is 7.89. The number of rotatable bonds is 0. The molecule has 0 fully saturated rings. The van der Waals surface area contributed by atoms with Crippen molar-refractivity contribution in [3.8, 4) is 11.1 Å². The minimum atomic E-state index is 1.02. The zero-order chi connectivity index (χ0) is 17.5. The molecule has 1 aliphatic heterocycles. The molecule has 27 heavy (non-hydrogen) atoms. The van der Waals surface area contributed by atoms with Crippen molar-refractivity contribution in [2.45, 2.75) is 6.42 Å². The molecule has 0 bridgehead atoms. The standard InChI is InChI=1S/C24H13NS2/c1-3-7-15-13(5-1)9-17-18-11-21-20(12-25-27-26-21)24(18)23-16-8-4-2-6-14(16)10-19(23)22(15)17/h1-10,12H,11H2. The second-order valence-electron chi connectivity index (χ2n) is 7.30. The van der Waals surface area contributed by atoms with Crippen LogP contribution in [0.4, 0.5) is 0 Å². The Labute approximate surface area is 164 Å². The van der Waals surface area contributed by atoms with E-state index in [1.54, 1.807) is 11.0 Å². The Balaban J connectivity index is 1.76. The Morgan fingerprint density at radius 1 is 0.889 bits per heavy atom. The van der Waals surface area contributed by atoms with E-state index in [9.17, 15) is 0 Å². The first-order valence-corrected chi connectivity index (χ1v) is 11.2. The maximum atomic E-state index is 4.51. The normalized spacial score (nSPS) is 16.7. The summed E-state index contributed by atoms with van der Waals surface area (Å²) in [6.45, 7) is 0. The molecule has 7 rings (SSSR count). The van der Waals surface area contributed by atoms with Crippen LogP contribution in [0.15, 0.2) is 57.8 Å². The monoisotopic (exact) mass is 379 g/mol. The molecule has 3 aromatic rings. The van der Waals surface area contributed by atoms with Crippen LogP contribution in [0.25, 0.3) is 28.9 Å². The van der Waals surface area contributed by atoms with Crippen LogP contribution in [0.2, 0.25) is 0 Å². The van der Waals surface area contributed by atoms with Crippen LogP contribution in [0.1, 0.15) is 22.3 Å². The number of hydrogen-bond acceptors (Lipinski definition) is 3. The van der Waals surface area contributed by atoms with E-state index in [0.29, 0.717) is 0 Å². The summed E-state index contributed by atoms with van der Waals surface area (Å²) in [5.74, 6) is 0. The van der Waals surface area contributed by atoms with Crippen LogP contribution in [-0.2, 0) is 6.42 Å². The second kappa shape index (κ2) is 5.06. The summed E-state index contributed by atoms with van der Waals surface area (Å²) in [5.41, 5.74) is 9.75. The molecule has 0 saturated carbocycles. The predicted octanol–water partition coefficient (Wildman–Crippen LogP) is 4.57. The van der Waals surface area contributed by atoms with Crippen molar-refractivity contribution < 1.29 is 0 Å². The maximum absolute atomic E-state index is 4.51. The van der Waals surface area contributed by atoms with Gasteiger partial charge in [0.2, 0.25) is 0 Å². The highest BCUT2D eigenvalue weighted by atomic mass is 33.1. The summed E-state index contributed by atoms with van der Waals surface area (Å²) in [4.78, 5) is 1.45. The van der Waals surface area contributed by atoms with Crippen LogP contribution < -0.4 is 10.4 Å². The van der Waals surface area contributed by atoms with Crippen molar-refractivity contribution in [3.63, 3.8) is 0 Å². The fraction of sp³-hybridized carbons (Fsp3) is 0.0417. The van der Waals surface area contributed by atoms with Crippen LogP contribution >= 0.6 is 21.8 Å². The third-order valence-corrected chi connectivity index (χ3v) is 7.93. The van der Waals surface area contributed by atoms with Gasteiger partial charge in [0.1, 0.15) is 0 Å². The molecule has 126 valence electrons. The number of allylic oxidation sites excluding steroid dienone is 2. The molecule has 1 heterocycles. The number of hydrogen-bond donors (Lipinski definition) is 0. The van der Waals surface area contributed by atoms with Gasteiger partial charge < -0.3 is 0 Å². The first-order chi connectivity index (χ1) is 13.4. The average molecular weight is 380 g/mol. The highest BCUT2D eigenvalue weighted by molar-refractivity contribution is 8.77. The fourth-order valence-electron chi connectivity index (χ4n) is 4.95. The highest BCUT2D eigenvalue weighted by Gasteiger charge is 2.31. The lowest BCUT2D eigenvalue weighted by Crippen LogP contribution is -2.13. The predicted molar refractivity (Wildman–Crippen MR) is 117 cm³/mol. The maximum Gasteiger partial charge on any atom is 0.0483 e. The van der Waals surface area contributed by atoms with Crippen molar-refractivity contribution in [2.75, 3.05) is 0 Å². The van der Waals surface area contributed by atoms with E-state index in [4.69, 9.17) is 0 Å². The Morgan fingerprint density at radius 3 is 2.78 bits per heavy atom. The summed E-state index contributed by atoms with van der Waals surface area (Å²) in [5, 5.41) is 5.52. The quantitative estimate of drug-likeness (QED) is 0.289.